The number of hydrogen-bond acceptors (Lipinski definition) is 2. The third-order valence-corrected chi connectivity index (χ3v) is 3.67. The zero-order valence-electron chi connectivity index (χ0n) is 11.5. The molecule has 0 aliphatic carbocycles. The van der Waals surface area contributed by atoms with Crippen molar-refractivity contribution in [1.29, 1.82) is 0 Å². The van der Waals surface area contributed by atoms with Crippen LogP contribution in [-0.2, 0) is 13.0 Å². The number of nitrogens with one attached hydrogen (secondary N) is 1. The number of carbonyl (C=O) groups excluding carboxylic acids is 1. The number of rotatable bonds is 6. The van der Waals surface area contributed by atoms with Crippen molar-refractivity contribution in [2.24, 2.45) is 5.92 Å². The molecule has 0 aliphatic rings. The molecule has 5 heteroatoms. The van der Waals surface area contributed by atoms with Gasteiger partial charge in [0, 0.05) is 18.5 Å². The first kappa shape index (κ1) is 15.0. The molecule has 0 saturated heterocycles. The van der Waals surface area contributed by atoms with Gasteiger partial charge < -0.3 is 5.32 Å². The monoisotopic (exact) mass is 271 g/mol. The number of halogens is 1. The van der Waals surface area contributed by atoms with Gasteiger partial charge in [-0.25, -0.2) is 0 Å². The molecule has 4 nitrogen and oxygen atoms in total. The van der Waals surface area contributed by atoms with E-state index < -0.39 is 0 Å². The van der Waals surface area contributed by atoms with Crippen molar-refractivity contribution in [1.82, 2.24) is 15.1 Å². The maximum Gasteiger partial charge on any atom is 0.269 e. The van der Waals surface area contributed by atoms with E-state index in [0.717, 1.165) is 12.1 Å². The largest absolute Gasteiger partial charge is 0.348 e. The average molecular weight is 272 g/mol. The van der Waals surface area contributed by atoms with Crippen LogP contribution in [0.3, 0.4) is 0 Å². The lowest BCUT2D eigenvalue weighted by molar-refractivity contribution is 0.0920. The summed E-state index contributed by atoms with van der Waals surface area (Å²) in [4.78, 5) is 12.2. The Balaban J connectivity index is 2.80. The summed E-state index contributed by atoms with van der Waals surface area (Å²) in [7, 11) is 0. The van der Waals surface area contributed by atoms with E-state index in [2.05, 4.69) is 10.4 Å². The van der Waals surface area contributed by atoms with Crippen molar-refractivity contribution < 1.29 is 4.79 Å². The molecule has 0 saturated carbocycles. The molecular weight excluding hydrogens is 250 g/mol. The fourth-order valence-corrected chi connectivity index (χ4v) is 1.89. The Bertz CT molecular complexity index is 403. The third kappa shape index (κ3) is 3.48. The first-order valence-corrected chi connectivity index (χ1v) is 7.00. The van der Waals surface area contributed by atoms with E-state index in [1.807, 2.05) is 33.8 Å². The molecule has 2 unspecified atom stereocenters. The smallest absolute Gasteiger partial charge is 0.269 e. The van der Waals surface area contributed by atoms with Gasteiger partial charge in [-0.05, 0) is 32.3 Å². The Morgan fingerprint density at radius 1 is 1.50 bits per heavy atom. The van der Waals surface area contributed by atoms with Crippen molar-refractivity contribution in [2.75, 3.05) is 5.88 Å². The molecule has 18 heavy (non-hydrogen) atoms. The lowest BCUT2D eigenvalue weighted by Gasteiger charge is -2.19. The third-order valence-electron chi connectivity index (χ3n) is 3.18. The van der Waals surface area contributed by atoms with E-state index in [-0.39, 0.29) is 17.9 Å². The summed E-state index contributed by atoms with van der Waals surface area (Å²) in [5.41, 5.74) is 1.57. The van der Waals surface area contributed by atoms with Gasteiger partial charge in [0.25, 0.3) is 5.91 Å². The van der Waals surface area contributed by atoms with Gasteiger partial charge in [0.05, 0.1) is 5.69 Å². The van der Waals surface area contributed by atoms with Gasteiger partial charge >= 0.3 is 0 Å². The predicted molar refractivity (Wildman–Crippen MR) is 74.1 cm³/mol. The highest BCUT2D eigenvalue weighted by Crippen LogP contribution is 2.09. The van der Waals surface area contributed by atoms with Gasteiger partial charge in [-0.15, -0.1) is 11.6 Å². The van der Waals surface area contributed by atoms with Gasteiger partial charge in [0.2, 0.25) is 0 Å². The molecule has 0 aromatic carbocycles. The summed E-state index contributed by atoms with van der Waals surface area (Å²) in [6.07, 6.45) is 0.834. The van der Waals surface area contributed by atoms with Gasteiger partial charge in [-0.3, -0.25) is 9.48 Å². The second kappa shape index (κ2) is 6.78. The minimum Gasteiger partial charge on any atom is -0.348 e. The normalized spacial score (nSPS) is 14.3. The molecular formula is C13H22ClN3O. The molecule has 1 aromatic rings. The first-order chi connectivity index (χ1) is 8.53. The molecule has 0 aliphatic heterocycles. The van der Waals surface area contributed by atoms with E-state index >= 15 is 0 Å². The van der Waals surface area contributed by atoms with Gasteiger partial charge in [0.1, 0.15) is 5.69 Å². The standard InChI is InChI=1S/C13H22ClN3O/c1-5-11-7-12(17(6-2)16-11)13(18)15-10(4)9(3)8-14/h7,9-10H,5-6,8H2,1-4H3,(H,15,18). The van der Waals surface area contributed by atoms with Crippen molar-refractivity contribution in [3.63, 3.8) is 0 Å². The number of hydrogen-bond donors (Lipinski definition) is 1. The Morgan fingerprint density at radius 3 is 2.67 bits per heavy atom. The van der Waals surface area contributed by atoms with Crippen molar-refractivity contribution >= 4 is 17.5 Å². The van der Waals surface area contributed by atoms with Crippen LogP contribution >= 0.6 is 11.6 Å². The quantitative estimate of drug-likeness (QED) is 0.808. The van der Waals surface area contributed by atoms with Crippen LogP contribution in [0.5, 0.6) is 0 Å². The molecule has 0 spiro atoms. The predicted octanol–water partition coefficient (Wildman–Crippen LogP) is 2.46. The Labute approximate surface area is 114 Å². The molecule has 2 atom stereocenters. The summed E-state index contributed by atoms with van der Waals surface area (Å²) < 4.78 is 1.74. The zero-order valence-corrected chi connectivity index (χ0v) is 12.3. The highest BCUT2D eigenvalue weighted by molar-refractivity contribution is 6.18. The van der Waals surface area contributed by atoms with Crippen molar-refractivity contribution in [2.45, 2.75) is 46.7 Å². The molecule has 102 valence electrons. The Morgan fingerprint density at radius 2 is 2.17 bits per heavy atom. The maximum absolute atomic E-state index is 12.2. The highest BCUT2D eigenvalue weighted by atomic mass is 35.5. The Hall–Kier alpha value is -1.03. The van der Waals surface area contributed by atoms with E-state index in [0.29, 0.717) is 18.1 Å². The minimum atomic E-state index is -0.0754. The van der Waals surface area contributed by atoms with E-state index in [9.17, 15) is 4.79 Å². The van der Waals surface area contributed by atoms with Crippen LogP contribution in [0.1, 0.15) is 43.9 Å². The SMILES string of the molecule is CCc1cc(C(=O)NC(C)C(C)CCl)n(CC)n1. The minimum absolute atomic E-state index is 0.0558. The number of aromatic nitrogens is 2. The molecule has 1 N–H and O–H groups in total. The molecule has 1 rings (SSSR count). The second-order valence-corrected chi connectivity index (χ2v) is 4.89. The topological polar surface area (TPSA) is 46.9 Å². The van der Waals surface area contributed by atoms with Crippen LogP contribution in [0.25, 0.3) is 0 Å². The van der Waals surface area contributed by atoms with E-state index in [1.54, 1.807) is 4.68 Å². The Kier molecular flexibility index (Phi) is 5.66. The lowest BCUT2D eigenvalue weighted by Crippen LogP contribution is -2.38. The molecule has 1 heterocycles. The number of alkyl halides is 1. The number of carbonyl (C=O) groups is 1. The van der Waals surface area contributed by atoms with Crippen LogP contribution < -0.4 is 5.32 Å². The highest BCUT2D eigenvalue weighted by Gasteiger charge is 2.18. The summed E-state index contributed by atoms with van der Waals surface area (Å²) in [6, 6.07) is 1.91. The summed E-state index contributed by atoms with van der Waals surface area (Å²) in [5, 5.41) is 7.35. The molecule has 0 fully saturated rings. The molecule has 1 aromatic heterocycles. The van der Waals surface area contributed by atoms with E-state index in [1.165, 1.54) is 0 Å². The summed E-state index contributed by atoms with van der Waals surface area (Å²) in [5.74, 6) is 0.710. The van der Waals surface area contributed by atoms with Crippen LogP contribution in [0.15, 0.2) is 6.07 Å². The summed E-state index contributed by atoms with van der Waals surface area (Å²) >= 11 is 5.79. The number of aryl methyl sites for hydroxylation is 2. The van der Waals surface area contributed by atoms with Crippen molar-refractivity contribution in [3.8, 4) is 0 Å². The maximum atomic E-state index is 12.2. The van der Waals surface area contributed by atoms with Crippen LogP contribution in [-0.4, -0.2) is 27.6 Å². The van der Waals surface area contributed by atoms with Crippen LogP contribution in [0.4, 0.5) is 0 Å². The van der Waals surface area contributed by atoms with E-state index in [4.69, 9.17) is 11.6 Å². The number of amides is 1. The van der Waals surface area contributed by atoms with Gasteiger partial charge in [-0.1, -0.05) is 13.8 Å². The molecule has 0 bridgehead atoms. The molecule has 1 amide bonds. The van der Waals surface area contributed by atoms with Crippen LogP contribution in [0, 0.1) is 5.92 Å². The fraction of sp³-hybridized carbons (Fsp3) is 0.692. The zero-order chi connectivity index (χ0) is 13.7. The van der Waals surface area contributed by atoms with Crippen molar-refractivity contribution in [3.05, 3.63) is 17.5 Å². The summed E-state index contributed by atoms with van der Waals surface area (Å²) in [6.45, 7) is 8.70. The number of nitrogens with zero attached hydrogens (tertiary/aromatic N) is 2. The van der Waals surface area contributed by atoms with Gasteiger partial charge in [-0.2, -0.15) is 5.10 Å². The molecule has 0 radical (unpaired) electrons. The average Bonchev–Trinajstić information content (AvgIpc) is 2.80. The lowest BCUT2D eigenvalue weighted by atomic mass is 10.1. The fourth-order valence-electron chi connectivity index (χ4n) is 1.62. The second-order valence-electron chi connectivity index (χ2n) is 4.58. The van der Waals surface area contributed by atoms with Gasteiger partial charge in [0.15, 0.2) is 0 Å². The first-order valence-electron chi connectivity index (χ1n) is 6.46. The van der Waals surface area contributed by atoms with Crippen LogP contribution in [0.2, 0.25) is 0 Å².